The Bertz CT molecular complexity index is 259. The maximum absolute atomic E-state index is 11.9. The van der Waals surface area contributed by atoms with Gasteiger partial charge in [0.2, 0.25) is 5.91 Å². The molecule has 1 atom stereocenters. The van der Waals surface area contributed by atoms with Crippen LogP contribution in [0.3, 0.4) is 0 Å². The first-order valence-corrected chi connectivity index (χ1v) is 6.88. The normalized spacial score (nSPS) is 23.7. The van der Waals surface area contributed by atoms with E-state index in [2.05, 4.69) is 22.6 Å². The monoisotopic (exact) mass is 239 g/mol. The summed E-state index contributed by atoms with van der Waals surface area (Å²) in [4.78, 5) is 14.1. The zero-order valence-corrected chi connectivity index (χ0v) is 11.0. The zero-order chi connectivity index (χ0) is 12.3. The molecule has 0 aromatic carbocycles. The molecule has 4 nitrogen and oxygen atoms in total. The lowest BCUT2D eigenvalue weighted by Gasteiger charge is -2.30. The fraction of sp³-hybridized carbons (Fsp3) is 0.923. The third kappa shape index (κ3) is 3.96. The molecule has 1 amide bonds. The Morgan fingerprint density at radius 2 is 2.00 bits per heavy atom. The number of hydrogen-bond donors (Lipinski definition) is 2. The van der Waals surface area contributed by atoms with Crippen molar-refractivity contribution in [2.75, 3.05) is 26.7 Å². The van der Waals surface area contributed by atoms with Crippen LogP contribution < -0.4 is 10.6 Å². The fourth-order valence-corrected chi connectivity index (χ4v) is 2.38. The first kappa shape index (κ1) is 12.8. The van der Waals surface area contributed by atoms with Crippen LogP contribution in [0.5, 0.6) is 0 Å². The van der Waals surface area contributed by atoms with Crippen LogP contribution in [0, 0.1) is 5.92 Å². The molecule has 1 aliphatic carbocycles. The minimum Gasteiger partial charge on any atom is -0.352 e. The number of amides is 1. The number of nitrogens with one attached hydrogen (secondary N) is 2. The van der Waals surface area contributed by atoms with E-state index in [-0.39, 0.29) is 11.9 Å². The lowest BCUT2D eigenvalue weighted by molar-refractivity contribution is -0.125. The molecule has 17 heavy (non-hydrogen) atoms. The van der Waals surface area contributed by atoms with E-state index in [4.69, 9.17) is 0 Å². The average Bonchev–Trinajstić information content (AvgIpc) is 3.13. The number of carbonyl (C=O) groups excluding carboxylic acids is 1. The molecule has 98 valence electrons. The molecule has 0 spiro atoms. The molecule has 0 aromatic heterocycles. The molecular formula is C13H25N3O. The first-order chi connectivity index (χ1) is 8.16. The molecule has 0 radical (unpaired) electrons. The largest absolute Gasteiger partial charge is 0.352 e. The number of rotatable bonds is 5. The summed E-state index contributed by atoms with van der Waals surface area (Å²) in [7, 11) is 2.07. The van der Waals surface area contributed by atoms with Gasteiger partial charge in [-0.3, -0.25) is 9.69 Å². The van der Waals surface area contributed by atoms with Gasteiger partial charge in [0.25, 0.3) is 0 Å². The summed E-state index contributed by atoms with van der Waals surface area (Å²) < 4.78 is 0. The summed E-state index contributed by atoms with van der Waals surface area (Å²) in [6.07, 6.45) is 4.80. The van der Waals surface area contributed by atoms with Crippen molar-refractivity contribution in [2.45, 2.75) is 44.7 Å². The molecule has 1 heterocycles. The Kier molecular flexibility index (Phi) is 4.40. The minimum absolute atomic E-state index is 0.00508. The van der Waals surface area contributed by atoms with E-state index in [0.29, 0.717) is 6.04 Å². The molecule has 1 saturated heterocycles. The molecular weight excluding hydrogens is 214 g/mol. The van der Waals surface area contributed by atoms with Crippen molar-refractivity contribution in [1.29, 1.82) is 0 Å². The van der Waals surface area contributed by atoms with Crippen LogP contribution in [0.1, 0.15) is 32.6 Å². The predicted octanol–water partition coefficient (Wildman–Crippen LogP) is 0.585. The van der Waals surface area contributed by atoms with Crippen molar-refractivity contribution >= 4 is 5.91 Å². The average molecular weight is 239 g/mol. The van der Waals surface area contributed by atoms with Crippen LogP contribution in [0.4, 0.5) is 0 Å². The van der Waals surface area contributed by atoms with Gasteiger partial charge < -0.3 is 10.6 Å². The molecule has 0 bridgehead atoms. The maximum Gasteiger partial charge on any atom is 0.237 e. The third-order valence-corrected chi connectivity index (χ3v) is 3.97. The molecule has 2 aliphatic rings. The number of hydrogen-bond acceptors (Lipinski definition) is 3. The second kappa shape index (κ2) is 5.83. The predicted molar refractivity (Wildman–Crippen MR) is 68.9 cm³/mol. The number of likely N-dealkylation sites (N-methyl/N-ethyl adjacent to an activating group) is 1. The summed E-state index contributed by atoms with van der Waals surface area (Å²) in [5.41, 5.74) is 0. The molecule has 2 fully saturated rings. The molecule has 2 rings (SSSR count). The van der Waals surface area contributed by atoms with Gasteiger partial charge in [0.05, 0.1) is 6.04 Å². The van der Waals surface area contributed by atoms with Gasteiger partial charge in [-0.05, 0) is 58.7 Å². The van der Waals surface area contributed by atoms with Crippen molar-refractivity contribution < 1.29 is 4.79 Å². The van der Waals surface area contributed by atoms with Gasteiger partial charge in [0.15, 0.2) is 0 Å². The van der Waals surface area contributed by atoms with E-state index in [1.54, 1.807) is 0 Å². The molecule has 1 aliphatic heterocycles. The van der Waals surface area contributed by atoms with E-state index in [1.165, 1.54) is 12.8 Å². The van der Waals surface area contributed by atoms with Crippen LogP contribution >= 0.6 is 0 Å². The van der Waals surface area contributed by atoms with E-state index >= 15 is 0 Å². The van der Waals surface area contributed by atoms with Gasteiger partial charge in [-0.1, -0.05) is 0 Å². The highest BCUT2D eigenvalue weighted by Crippen LogP contribution is 2.19. The van der Waals surface area contributed by atoms with Gasteiger partial charge in [-0.15, -0.1) is 0 Å². The second-order valence-electron chi connectivity index (χ2n) is 5.59. The van der Waals surface area contributed by atoms with E-state index < -0.39 is 0 Å². The molecule has 2 N–H and O–H groups in total. The van der Waals surface area contributed by atoms with Crippen LogP contribution in [-0.4, -0.2) is 49.6 Å². The Morgan fingerprint density at radius 3 is 2.59 bits per heavy atom. The van der Waals surface area contributed by atoms with Crippen LogP contribution in [0.25, 0.3) is 0 Å². The summed E-state index contributed by atoms with van der Waals surface area (Å²) in [6, 6.07) is 0.475. The van der Waals surface area contributed by atoms with Crippen LogP contribution in [-0.2, 0) is 4.79 Å². The molecule has 0 aromatic rings. The lowest BCUT2D eigenvalue weighted by Crippen LogP contribution is -2.46. The smallest absolute Gasteiger partial charge is 0.237 e. The zero-order valence-electron chi connectivity index (χ0n) is 11.0. The maximum atomic E-state index is 11.9. The van der Waals surface area contributed by atoms with Gasteiger partial charge in [0, 0.05) is 12.6 Å². The quantitative estimate of drug-likeness (QED) is 0.738. The standard InChI is InChI=1S/C13H25N3O/c1-10(13(17)15-12-3-4-12)16(2)9-11-5-7-14-8-6-11/h10-12,14H,3-9H2,1-2H3,(H,15,17). The van der Waals surface area contributed by atoms with E-state index in [9.17, 15) is 4.79 Å². The first-order valence-electron chi connectivity index (χ1n) is 6.88. The summed E-state index contributed by atoms with van der Waals surface area (Å²) >= 11 is 0. The molecule has 1 unspecified atom stereocenters. The highest BCUT2D eigenvalue weighted by Gasteiger charge is 2.28. The van der Waals surface area contributed by atoms with Gasteiger partial charge in [-0.25, -0.2) is 0 Å². The Labute approximate surface area is 104 Å². The Balaban J connectivity index is 1.72. The summed E-state index contributed by atoms with van der Waals surface area (Å²) in [5, 5.41) is 6.46. The number of nitrogens with zero attached hydrogens (tertiary/aromatic N) is 1. The van der Waals surface area contributed by atoms with Crippen LogP contribution in [0.15, 0.2) is 0 Å². The van der Waals surface area contributed by atoms with Crippen molar-refractivity contribution in [3.63, 3.8) is 0 Å². The fourth-order valence-electron chi connectivity index (χ4n) is 2.38. The van der Waals surface area contributed by atoms with E-state index in [1.807, 2.05) is 6.92 Å². The molecule has 4 heteroatoms. The van der Waals surface area contributed by atoms with Crippen molar-refractivity contribution in [3.8, 4) is 0 Å². The van der Waals surface area contributed by atoms with Gasteiger partial charge in [0.1, 0.15) is 0 Å². The van der Waals surface area contributed by atoms with Crippen molar-refractivity contribution in [1.82, 2.24) is 15.5 Å². The van der Waals surface area contributed by atoms with Gasteiger partial charge in [-0.2, -0.15) is 0 Å². The SMILES string of the molecule is CC(C(=O)NC1CC1)N(C)CC1CCNCC1. The van der Waals surface area contributed by atoms with Gasteiger partial charge >= 0.3 is 0 Å². The molecule has 1 saturated carbocycles. The topological polar surface area (TPSA) is 44.4 Å². The second-order valence-corrected chi connectivity index (χ2v) is 5.59. The minimum atomic E-state index is 0.00508. The highest BCUT2D eigenvalue weighted by atomic mass is 16.2. The Hall–Kier alpha value is -0.610. The number of carbonyl (C=O) groups is 1. The number of piperidine rings is 1. The van der Waals surface area contributed by atoms with E-state index in [0.717, 1.165) is 38.4 Å². The van der Waals surface area contributed by atoms with Crippen molar-refractivity contribution in [2.24, 2.45) is 5.92 Å². The Morgan fingerprint density at radius 1 is 1.35 bits per heavy atom. The summed E-state index contributed by atoms with van der Waals surface area (Å²) in [6.45, 7) is 5.31. The third-order valence-electron chi connectivity index (χ3n) is 3.97. The van der Waals surface area contributed by atoms with Crippen molar-refractivity contribution in [3.05, 3.63) is 0 Å². The lowest BCUT2D eigenvalue weighted by atomic mass is 9.97. The van der Waals surface area contributed by atoms with Crippen LogP contribution in [0.2, 0.25) is 0 Å². The highest BCUT2D eigenvalue weighted by molar-refractivity contribution is 5.81. The summed E-state index contributed by atoms with van der Waals surface area (Å²) in [5.74, 6) is 0.946.